The quantitative estimate of drug-likeness (QED) is 0.0204. The van der Waals surface area contributed by atoms with Gasteiger partial charge in [-0.05, 0) is 77.0 Å². The van der Waals surface area contributed by atoms with Crippen LogP contribution in [0.2, 0.25) is 0 Å². The number of carbonyl (C=O) groups is 1. The van der Waals surface area contributed by atoms with E-state index in [2.05, 4.69) is 129 Å². The van der Waals surface area contributed by atoms with Gasteiger partial charge in [-0.3, -0.25) is 4.79 Å². The number of hydrogen-bond acceptors (Lipinski definition) is 13. The summed E-state index contributed by atoms with van der Waals surface area (Å²) in [5, 5.41) is 87.7. The zero-order valence-corrected chi connectivity index (χ0v) is 59.2. The molecule has 2 fully saturated rings. The summed E-state index contributed by atoms with van der Waals surface area (Å²) in [5.41, 5.74) is 0. The summed E-state index contributed by atoms with van der Waals surface area (Å²) in [6, 6.07) is -0.870. The summed E-state index contributed by atoms with van der Waals surface area (Å²) < 4.78 is 22.9. The molecule has 542 valence electrons. The summed E-state index contributed by atoms with van der Waals surface area (Å²) in [7, 11) is 0. The Morgan fingerprint density at radius 1 is 0.394 bits per heavy atom. The van der Waals surface area contributed by atoms with Crippen molar-refractivity contribution >= 4 is 5.91 Å². The van der Waals surface area contributed by atoms with Crippen LogP contribution in [-0.4, -0.2) is 140 Å². The van der Waals surface area contributed by atoms with Gasteiger partial charge in [0.15, 0.2) is 12.6 Å². The molecule has 0 radical (unpaired) electrons. The van der Waals surface area contributed by atoms with Crippen LogP contribution in [-0.2, 0) is 23.7 Å². The molecular formula is C80H139NO13. The van der Waals surface area contributed by atoms with E-state index in [-0.39, 0.29) is 18.9 Å². The van der Waals surface area contributed by atoms with Gasteiger partial charge < -0.3 is 65.1 Å². The van der Waals surface area contributed by atoms with E-state index in [0.717, 1.165) is 83.5 Å². The Morgan fingerprint density at radius 2 is 0.723 bits per heavy atom. The number of allylic oxidation sites excluding steroid dienone is 18. The number of aliphatic hydroxyl groups excluding tert-OH is 8. The van der Waals surface area contributed by atoms with Gasteiger partial charge in [0, 0.05) is 6.42 Å². The fourth-order valence-corrected chi connectivity index (χ4v) is 12.0. The average molecular weight is 1320 g/mol. The standard InChI is InChI=1S/C80H139NO13/c1-3-5-7-9-11-13-15-17-19-21-23-25-27-29-31-33-34-36-37-39-41-43-45-47-49-51-53-55-57-59-61-63-69(84)68(67-91-79-77(90)75(88)78(71(66-83)93-79)94-80-76(89)74(87)73(86)70(65-82)92-80)81-72(85)64-62-60-58-56-54-52-50-48-46-44-42-40-38-35-32-30-28-26-24-22-20-18-16-14-12-10-8-6-4-2/h6,8,12,14,18,20,24,26,30,32,38,40,44,46,50,52,56,58,68-71,73-80,82-84,86-90H,3-5,7,9-11,13,15-17,19,21-23,25,27-29,31,33-37,39,41-43,45,47-49,51,53-55,57,59-67H2,1-2H3,(H,81,85)/b8-6-,14-12-,20-18-,26-24-,32-30-,40-38-,46-44-,52-50-,58-56-. The maximum Gasteiger partial charge on any atom is 0.220 e. The Kier molecular flexibility index (Phi) is 58.2. The number of aliphatic hydroxyl groups is 8. The van der Waals surface area contributed by atoms with E-state index in [1.165, 1.54) is 173 Å². The maximum atomic E-state index is 13.4. The van der Waals surface area contributed by atoms with Crippen molar-refractivity contribution in [2.45, 2.75) is 370 Å². The lowest BCUT2D eigenvalue weighted by Crippen LogP contribution is -2.65. The Bertz CT molecular complexity index is 2000. The average Bonchev–Trinajstić information content (AvgIpc) is 0.794. The lowest BCUT2D eigenvalue weighted by atomic mass is 9.97. The fourth-order valence-electron chi connectivity index (χ4n) is 12.0. The molecule has 14 heteroatoms. The fraction of sp³-hybridized carbons (Fsp3) is 0.762. The minimum atomic E-state index is -1.80. The van der Waals surface area contributed by atoms with Crippen molar-refractivity contribution in [3.05, 3.63) is 109 Å². The van der Waals surface area contributed by atoms with Crippen molar-refractivity contribution in [2.24, 2.45) is 0 Å². The van der Waals surface area contributed by atoms with Crippen LogP contribution in [0.4, 0.5) is 0 Å². The van der Waals surface area contributed by atoms with E-state index in [4.69, 9.17) is 18.9 Å². The van der Waals surface area contributed by atoms with E-state index >= 15 is 0 Å². The minimum Gasteiger partial charge on any atom is -0.394 e. The summed E-state index contributed by atoms with van der Waals surface area (Å²) >= 11 is 0. The molecule has 0 spiro atoms. The number of unbranched alkanes of at least 4 members (excludes halogenated alkanes) is 31. The number of ether oxygens (including phenoxy) is 4. The third kappa shape index (κ3) is 46.0. The highest BCUT2D eigenvalue weighted by atomic mass is 16.7. The summed E-state index contributed by atoms with van der Waals surface area (Å²) in [5.74, 6) is -0.265. The Labute approximate surface area is 572 Å². The van der Waals surface area contributed by atoms with E-state index in [9.17, 15) is 45.6 Å². The normalized spacial score (nSPS) is 23.1. The lowest BCUT2D eigenvalue weighted by Gasteiger charge is -2.46. The van der Waals surface area contributed by atoms with Crippen LogP contribution in [0.5, 0.6) is 0 Å². The van der Waals surface area contributed by atoms with Crippen molar-refractivity contribution in [2.75, 3.05) is 19.8 Å². The smallest absolute Gasteiger partial charge is 0.220 e. The first-order valence-electron chi connectivity index (χ1n) is 38.1. The van der Waals surface area contributed by atoms with Crippen LogP contribution in [0.3, 0.4) is 0 Å². The van der Waals surface area contributed by atoms with Gasteiger partial charge in [0.25, 0.3) is 0 Å². The van der Waals surface area contributed by atoms with Crippen molar-refractivity contribution in [1.29, 1.82) is 0 Å². The molecule has 2 aliphatic heterocycles. The van der Waals surface area contributed by atoms with Gasteiger partial charge in [0.05, 0.1) is 32.0 Å². The van der Waals surface area contributed by atoms with E-state index < -0.39 is 86.8 Å². The molecular weight excluding hydrogens is 1180 g/mol. The van der Waals surface area contributed by atoms with Gasteiger partial charge in [-0.2, -0.15) is 0 Å². The molecule has 9 N–H and O–H groups in total. The molecule has 0 saturated carbocycles. The predicted molar refractivity (Wildman–Crippen MR) is 387 cm³/mol. The van der Waals surface area contributed by atoms with Crippen LogP contribution >= 0.6 is 0 Å². The molecule has 12 atom stereocenters. The highest BCUT2D eigenvalue weighted by molar-refractivity contribution is 5.76. The zero-order valence-electron chi connectivity index (χ0n) is 59.2. The monoisotopic (exact) mass is 1320 g/mol. The third-order valence-corrected chi connectivity index (χ3v) is 18.0. The number of amides is 1. The summed E-state index contributed by atoms with van der Waals surface area (Å²) in [6.07, 6.45) is 74.1. The first kappa shape index (κ1) is 86.7. The van der Waals surface area contributed by atoms with E-state index in [1.807, 2.05) is 0 Å². The van der Waals surface area contributed by atoms with Gasteiger partial charge in [0.2, 0.25) is 5.91 Å². The first-order valence-corrected chi connectivity index (χ1v) is 38.1. The SMILES string of the molecule is CC/C=C\C/C=C\C/C=C\C/C=C\C/C=C\C/C=C\C/C=C\C/C=C\C/C=C\CCCC(=O)NC(COC1OC(CO)C(OC2OC(CO)C(O)C(O)C2O)C(O)C1O)C(O)CCCCCCCCCCCCCCCCCCCCCCCCCCCCCCCCC. The predicted octanol–water partition coefficient (Wildman–Crippen LogP) is 16.7. The molecule has 2 aliphatic rings. The third-order valence-electron chi connectivity index (χ3n) is 18.0. The van der Waals surface area contributed by atoms with Crippen LogP contribution in [0.25, 0.3) is 0 Å². The number of carbonyl (C=O) groups excluding carboxylic acids is 1. The number of hydrogen-bond donors (Lipinski definition) is 9. The van der Waals surface area contributed by atoms with Crippen molar-refractivity contribution in [3.63, 3.8) is 0 Å². The van der Waals surface area contributed by atoms with Crippen LogP contribution in [0, 0.1) is 0 Å². The number of nitrogens with one attached hydrogen (secondary N) is 1. The van der Waals surface area contributed by atoms with E-state index in [0.29, 0.717) is 19.3 Å². The second kappa shape index (κ2) is 63.1. The molecule has 94 heavy (non-hydrogen) atoms. The molecule has 0 bridgehead atoms. The van der Waals surface area contributed by atoms with Crippen LogP contribution in [0.1, 0.15) is 296 Å². The van der Waals surface area contributed by atoms with Gasteiger partial charge in [-0.25, -0.2) is 0 Å². The second-order valence-corrected chi connectivity index (χ2v) is 26.4. The maximum absolute atomic E-state index is 13.4. The molecule has 2 saturated heterocycles. The molecule has 0 aromatic carbocycles. The molecule has 0 aliphatic carbocycles. The van der Waals surface area contributed by atoms with Crippen LogP contribution < -0.4 is 5.32 Å². The largest absolute Gasteiger partial charge is 0.394 e. The second-order valence-electron chi connectivity index (χ2n) is 26.4. The molecule has 0 aromatic heterocycles. The van der Waals surface area contributed by atoms with Crippen molar-refractivity contribution in [1.82, 2.24) is 5.32 Å². The number of rotatable bonds is 62. The highest BCUT2D eigenvalue weighted by Crippen LogP contribution is 2.30. The van der Waals surface area contributed by atoms with Gasteiger partial charge >= 0.3 is 0 Å². The molecule has 0 aromatic rings. The van der Waals surface area contributed by atoms with Gasteiger partial charge in [-0.1, -0.05) is 322 Å². The minimum absolute atomic E-state index is 0.218. The Balaban J connectivity index is 1.67. The molecule has 1 amide bonds. The van der Waals surface area contributed by atoms with E-state index in [1.54, 1.807) is 0 Å². The zero-order chi connectivity index (χ0) is 68.0. The lowest BCUT2D eigenvalue weighted by molar-refractivity contribution is -0.359. The molecule has 2 rings (SSSR count). The molecule has 12 unspecified atom stereocenters. The first-order chi connectivity index (χ1) is 46.1. The van der Waals surface area contributed by atoms with Crippen molar-refractivity contribution < 1.29 is 64.6 Å². The van der Waals surface area contributed by atoms with Crippen LogP contribution in [0.15, 0.2) is 109 Å². The summed E-state index contributed by atoms with van der Waals surface area (Å²) in [6.45, 7) is 2.74. The molecule has 2 heterocycles. The van der Waals surface area contributed by atoms with Crippen molar-refractivity contribution in [3.8, 4) is 0 Å². The summed E-state index contributed by atoms with van der Waals surface area (Å²) in [4.78, 5) is 13.4. The Morgan fingerprint density at radius 3 is 1.09 bits per heavy atom. The molecule has 14 nitrogen and oxygen atoms in total. The highest BCUT2D eigenvalue weighted by Gasteiger charge is 2.51. The topological polar surface area (TPSA) is 228 Å². The van der Waals surface area contributed by atoms with Gasteiger partial charge in [-0.15, -0.1) is 0 Å². The van der Waals surface area contributed by atoms with Gasteiger partial charge in [0.1, 0.15) is 48.8 Å². The Hall–Kier alpha value is -3.35.